The van der Waals surface area contributed by atoms with E-state index in [4.69, 9.17) is 0 Å². The first-order valence-electron chi connectivity index (χ1n) is 9.49. The van der Waals surface area contributed by atoms with Gasteiger partial charge in [0, 0.05) is 31.6 Å². The first-order chi connectivity index (χ1) is 14.7. The van der Waals surface area contributed by atoms with Gasteiger partial charge >= 0.3 is 6.18 Å². The van der Waals surface area contributed by atoms with Crippen molar-refractivity contribution in [2.24, 2.45) is 0 Å². The minimum Gasteiger partial charge on any atom is -0.335 e. The number of amides is 1. The number of fused-ring (bicyclic) bond motifs is 1. The van der Waals surface area contributed by atoms with E-state index in [0.717, 1.165) is 27.9 Å². The number of nitrogens with zero attached hydrogens (tertiary/aromatic N) is 3. The predicted molar refractivity (Wildman–Crippen MR) is 108 cm³/mol. The molecule has 0 unspecified atom stereocenters. The molecule has 1 aliphatic heterocycles. The van der Waals surface area contributed by atoms with E-state index in [-0.39, 0.29) is 37.8 Å². The fraction of sp³-hybridized carbons (Fsp3) is 0.238. The van der Waals surface area contributed by atoms with Crippen molar-refractivity contribution in [3.63, 3.8) is 0 Å². The summed E-state index contributed by atoms with van der Waals surface area (Å²) in [7, 11) is -4.11. The SMILES string of the molecule is O=C(c1ccc2ccccc2n1)N1CCN(S(=O)(=O)c2cccc(C(F)(F)F)c2)CC1. The Kier molecular flexibility index (Phi) is 5.44. The third kappa shape index (κ3) is 4.26. The zero-order chi connectivity index (χ0) is 22.2. The maximum atomic E-state index is 12.9. The highest BCUT2D eigenvalue weighted by Gasteiger charge is 2.34. The fourth-order valence-corrected chi connectivity index (χ4v) is 4.93. The van der Waals surface area contributed by atoms with Crippen LogP contribution in [0.5, 0.6) is 0 Å². The topological polar surface area (TPSA) is 70.6 Å². The van der Waals surface area contributed by atoms with Gasteiger partial charge in [-0.25, -0.2) is 13.4 Å². The first-order valence-corrected chi connectivity index (χ1v) is 10.9. The number of hydrogen-bond acceptors (Lipinski definition) is 4. The summed E-state index contributed by atoms with van der Waals surface area (Å²) in [6, 6.07) is 14.5. The average molecular weight is 449 g/mol. The van der Waals surface area contributed by atoms with E-state index in [2.05, 4.69) is 4.98 Å². The molecule has 1 fully saturated rings. The molecule has 0 radical (unpaired) electrons. The lowest BCUT2D eigenvalue weighted by Gasteiger charge is -2.34. The van der Waals surface area contributed by atoms with E-state index < -0.39 is 26.7 Å². The van der Waals surface area contributed by atoms with E-state index in [1.54, 1.807) is 18.2 Å². The maximum absolute atomic E-state index is 12.9. The molecule has 4 rings (SSSR count). The van der Waals surface area contributed by atoms with E-state index in [1.807, 2.05) is 18.2 Å². The molecule has 1 aliphatic rings. The van der Waals surface area contributed by atoms with Crippen LogP contribution in [0.25, 0.3) is 10.9 Å². The van der Waals surface area contributed by atoms with E-state index in [1.165, 1.54) is 4.90 Å². The molecule has 6 nitrogen and oxygen atoms in total. The van der Waals surface area contributed by atoms with Gasteiger partial charge in [0.2, 0.25) is 10.0 Å². The number of para-hydroxylation sites is 1. The molecule has 0 aliphatic carbocycles. The quantitative estimate of drug-likeness (QED) is 0.615. The van der Waals surface area contributed by atoms with Crippen molar-refractivity contribution in [2.75, 3.05) is 26.2 Å². The zero-order valence-electron chi connectivity index (χ0n) is 16.2. The van der Waals surface area contributed by atoms with Gasteiger partial charge in [-0.2, -0.15) is 17.5 Å². The number of hydrogen-bond donors (Lipinski definition) is 0. The number of alkyl halides is 3. The minimum atomic E-state index is -4.64. The Labute approximate surface area is 177 Å². The van der Waals surface area contributed by atoms with Gasteiger partial charge in [-0.05, 0) is 30.3 Å². The van der Waals surface area contributed by atoms with Gasteiger partial charge in [-0.15, -0.1) is 0 Å². The summed E-state index contributed by atoms with van der Waals surface area (Å²) in [5.74, 6) is -0.318. The van der Waals surface area contributed by atoms with Crippen LogP contribution in [0.4, 0.5) is 13.2 Å². The van der Waals surface area contributed by atoms with E-state index in [9.17, 15) is 26.4 Å². The number of pyridine rings is 1. The lowest BCUT2D eigenvalue weighted by molar-refractivity contribution is -0.137. The highest BCUT2D eigenvalue weighted by molar-refractivity contribution is 7.89. The zero-order valence-corrected chi connectivity index (χ0v) is 17.0. The Hall–Kier alpha value is -2.98. The average Bonchev–Trinajstić information content (AvgIpc) is 2.78. The van der Waals surface area contributed by atoms with Crippen molar-refractivity contribution >= 4 is 26.8 Å². The molecule has 31 heavy (non-hydrogen) atoms. The largest absolute Gasteiger partial charge is 0.416 e. The molecule has 0 atom stereocenters. The minimum absolute atomic E-state index is 0.0160. The second-order valence-corrected chi connectivity index (χ2v) is 9.05. The summed E-state index contributed by atoms with van der Waals surface area (Å²) in [5.41, 5.74) is -0.0863. The Balaban J connectivity index is 1.48. The summed E-state index contributed by atoms with van der Waals surface area (Å²) >= 11 is 0. The third-order valence-electron chi connectivity index (χ3n) is 5.14. The summed E-state index contributed by atoms with van der Waals surface area (Å²) < 4.78 is 65.5. The van der Waals surface area contributed by atoms with Gasteiger partial charge in [-0.3, -0.25) is 4.79 Å². The van der Waals surface area contributed by atoms with Crippen LogP contribution in [-0.2, 0) is 16.2 Å². The molecule has 2 aromatic carbocycles. The van der Waals surface area contributed by atoms with Crippen LogP contribution in [0.1, 0.15) is 16.1 Å². The summed E-state index contributed by atoms with van der Waals surface area (Å²) in [6.07, 6.45) is -4.64. The Morgan fingerprint density at radius 3 is 2.32 bits per heavy atom. The van der Waals surface area contributed by atoms with Gasteiger partial charge in [0.15, 0.2) is 0 Å². The van der Waals surface area contributed by atoms with Gasteiger partial charge in [0.1, 0.15) is 5.69 Å². The molecule has 10 heteroatoms. The van der Waals surface area contributed by atoms with E-state index in [0.29, 0.717) is 11.6 Å². The van der Waals surface area contributed by atoms with Gasteiger partial charge in [-0.1, -0.05) is 30.3 Å². The number of benzene rings is 2. The summed E-state index contributed by atoms with van der Waals surface area (Å²) in [6.45, 7) is 0.201. The number of halogens is 3. The second-order valence-electron chi connectivity index (χ2n) is 7.11. The van der Waals surface area contributed by atoms with Crippen LogP contribution in [0.3, 0.4) is 0 Å². The number of aromatic nitrogens is 1. The number of piperazine rings is 1. The molecule has 3 aromatic rings. The molecule has 0 saturated carbocycles. The van der Waals surface area contributed by atoms with Crippen molar-refractivity contribution in [3.8, 4) is 0 Å². The number of carbonyl (C=O) groups is 1. The molecule has 1 amide bonds. The monoisotopic (exact) mass is 449 g/mol. The predicted octanol–water partition coefficient (Wildman–Crippen LogP) is 3.40. The molecule has 1 saturated heterocycles. The third-order valence-corrected chi connectivity index (χ3v) is 7.04. The molecule has 0 N–H and O–H groups in total. The Morgan fingerprint density at radius 1 is 0.903 bits per heavy atom. The van der Waals surface area contributed by atoms with Crippen LogP contribution in [-0.4, -0.2) is 54.7 Å². The smallest absolute Gasteiger partial charge is 0.335 e. The van der Waals surface area contributed by atoms with E-state index >= 15 is 0 Å². The first kappa shape index (κ1) is 21.3. The van der Waals surface area contributed by atoms with Crippen LogP contribution in [0, 0.1) is 0 Å². The van der Waals surface area contributed by atoms with Crippen molar-refractivity contribution in [1.82, 2.24) is 14.2 Å². The van der Waals surface area contributed by atoms with Crippen molar-refractivity contribution in [3.05, 3.63) is 71.9 Å². The van der Waals surface area contributed by atoms with Crippen LogP contribution >= 0.6 is 0 Å². The number of rotatable bonds is 3. The van der Waals surface area contributed by atoms with Gasteiger partial charge < -0.3 is 4.90 Å². The van der Waals surface area contributed by atoms with Crippen molar-refractivity contribution < 1.29 is 26.4 Å². The number of sulfonamides is 1. The fourth-order valence-electron chi connectivity index (χ4n) is 3.46. The lowest BCUT2D eigenvalue weighted by atomic mass is 10.2. The molecule has 2 heterocycles. The summed E-state index contributed by atoms with van der Waals surface area (Å²) in [4.78, 5) is 18.2. The Bertz CT molecular complexity index is 1240. The van der Waals surface area contributed by atoms with Gasteiger partial charge in [0.05, 0.1) is 16.0 Å². The molecule has 1 aromatic heterocycles. The maximum Gasteiger partial charge on any atom is 0.416 e. The Morgan fingerprint density at radius 2 is 1.61 bits per heavy atom. The van der Waals surface area contributed by atoms with Crippen LogP contribution in [0.2, 0.25) is 0 Å². The highest BCUT2D eigenvalue weighted by atomic mass is 32.2. The number of carbonyl (C=O) groups excluding carboxylic acids is 1. The molecular formula is C21H18F3N3O3S. The van der Waals surface area contributed by atoms with Gasteiger partial charge in [0.25, 0.3) is 5.91 Å². The van der Waals surface area contributed by atoms with Crippen LogP contribution < -0.4 is 0 Å². The molecule has 0 bridgehead atoms. The standard InChI is InChI=1S/C21H18F3N3O3S/c22-21(23,24)16-5-3-6-17(14-16)31(29,30)27-12-10-26(11-13-27)20(28)19-9-8-15-4-1-2-7-18(15)25-19/h1-9,14H,10-13H2. The normalized spacial score (nSPS) is 15.9. The molecule has 0 spiro atoms. The lowest BCUT2D eigenvalue weighted by Crippen LogP contribution is -2.50. The van der Waals surface area contributed by atoms with Crippen molar-refractivity contribution in [2.45, 2.75) is 11.1 Å². The summed E-state index contributed by atoms with van der Waals surface area (Å²) in [5, 5.41) is 0.899. The second kappa shape index (κ2) is 7.93. The molecule has 162 valence electrons. The molecular weight excluding hydrogens is 431 g/mol. The highest BCUT2D eigenvalue weighted by Crippen LogP contribution is 2.31. The van der Waals surface area contributed by atoms with Crippen molar-refractivity contribution in [1.29, 1.82) is 0 Å². The van der Waals surface area contributed by atoms with Crippen LogP contribution in [0.15, 0.2) is 65.6 Å².